The third-order valence-corrected chi connectivity index (χ3v) is 5.28. The van der Waals surface area contributed by atoms with E-state index >= 15 is 0 Å². The van der Waals surface area contributed by atoms with Gasteiger partial charge in [0.25, 0.3) is 5.91 Å². The molecule has 1 atom stereocenters. The Bertz CT molecular complexity index is 1150. The monoisotopic (exact) mass is 416 g/mol. The molecule has 0 bridgehead atoms. The first-order valence-electron chi connectivity index (χ1n) is 8.97. The highest BCUT2D eigenvalue weighted by Gasteiger charge is 2.27. The topological polar surface area (TPSA) is 79.1 Å². The number of carbonyl (C=O) groups excluding carboxylic acids is 2. The second kappa shape index (κ2) is 8.04. The summed E-state index contributed by atoms with van der Waals surface area (Å²) in [4.78, 5) is 29.0. The highest BCUT2D eigenvalue weighted by Crippen LogP contribution is 2.31. The number of rotatable bonds is 4. The maximum absolute atomic E-state index is 14.4. The lowest BCUT2D eigenvalue weighted by Gasteiger charge is -2.23. The number of amides is 1. The molecule has 150 valence electrons. The minimum atomic E-state index is -0.934. The molecule has 0 fully saturated rings. The quantitative estimate of drug-likeness (QED) is 0.611. The summed E-state index contributed by atoms with van der Waals surface area (Å²) in [6, 6.07) is 11.6. The third kappa shape index (κ3) is 3.86. The van der Waals surface area contributed by atoms with Crippen LogP contribution in [-0.4, -0.2) is 35.8 Å². The molecule has 0 saturated heterocycles. The number of fused-ring (bicyclic) bond motifs is 2. The fourth-order valence-corrected chi connectivity index (χ4v) is 4.01. The molecule has 0 radical (unpaired) electrons. The van der Waals surface area contributed by atoms with Gasteiger partial charge in [-0.25, -0.2) is 4.39 Å². The summed E-state index contributed by atoms with van der Waals surface area (Å²) in [6.45, 7) is 1.63. The lowest BCUT2D eigenvalue weighted by molar-refractivity contribution is -0.143. The Morgan fingerprint density at radius 1 is 1.24 bits per heavy atom. The smallest absolute Gasteiger partial charge is 0.326 e. The van der Waals surface area contributed by atoms with Crippen molar-refractivity contribution in [3.8, 4) is 11.5 Å². The average Bonchev–Trinajstić information content (AvgIpc) is 3.06. The second-order valence-electron chi connectivity index (χ2n) is 6.18. The molecule has 1 aromatic heterocycles. The predicted octanol–water partition coefficient (Wildman–Crippen LogP) is 2.67. The molecule has 0 spiro atoms. The molecule has 2 aromatic carbocycles. The molecule has 1 aliphatic heterocycles. The number of thiazole rings is 1. The Morgan fingerprint density at radius 2 is 2.03 bits per heavy atom. The third-order valence-electron chi connectivity index (χ3n) is 4.23. The Morgan fingerprint density at radius 3 is 2.83 bits per heavy atom. The van der Waals surface area contributed by atoms with E-state index in [0.29, 0.717) is 16.2 Å². The van der Waals surface area contributed by atoms with Gasteiger partial charge in [0.2, 0.25) is 6.10 Å². The van der Waals surface area contributed by atoms with Crippen molar-refractivity contribution in [3.05, 3.63) is 53.1 Å². The maximum Gasteiger partial charge on any atom is 0.326 e. The maximum atomic E-state index is 14.4. The van der Waals surface area contributed by atoms with Crippen LogP contribution in [0.15, 0.2) is 47.5 Å². The van der Waals surface area contributed by atoms with E-state index < -0.39 is 23.8 Å². The zero-order valence-corrected chi connectivity index (χ0v) is 16.3. The average molecular weight is 416 g/mol. The minimum Gasteiger partial charge on any atom is -0.485 e. The van der Waals surface area contributed by atoms with Crippen molar-refractivity contribution < 1.29 is 28.2 Å². The standard InChI is InChI=1S/C20H17FN2O5S/c1-2-26-17(24)10-23-18-12(21)6-5-9-16(18)29-20(23)22-19(25)15-11-27-13-7-3-4-8-14(13)28-15/h3-9,15H,2,10-11H2,1H3/t15-/m0/s1. The highest BCUT2D eigenvalue weighted by molar-refractivity contribution is 7.16. The Balaban J connectivity index is 1.71. The molecule has 1 aliphatic rings. The van der Waals surface area contributed by atoms with E-state index in [1.54, 1.807) is 43.3 Å². The van der Waals surface area contributed by atoms with Crippen LogP contribution in [-0.2, 0) is 20.9 Å². The van der Waals surface area contributed by atoms with Gasteiger partial charge in [0.15, 0.2) is 16.3 Å². The molecule has 0 N–H and O–H groups in total. The lowest BCUT2D eigenvalue weighted by Crippen LogP contribution is -2.37. The SMILES string of the molecule is CCOC(=O)Cn1c(=NC(=O)[C@@H]2COc3ccccc3O2)sc2cccc(F)c21. The van der Waals surface area contributed by atoms with Gasteiger partial charge < -0.3 is 18.8 Å². The Hall–Kier alpha value is -3.20. The normalized spacial score (nSPS) is 16.1. The van der Waals surface area contributed by atoms with Crippen LogP contribution in [0.4, 0.5) is 4.39 Å². The zero-order valence-electron chi connectivity index (χ0n) is 15.5. The molecule has 1 amide bonds. The number of nitrogens with zero attached hydrogens (tertiary/aromatic N) is 2. The van der Waals surface area contributed by atoms with Crippen LogP contribution in [0.3, 0.4) is 0 Å². The first kappa shape index (κ1) is 19.1. The number of esters is 1. The lowest BCUT2D eigenvalue weighted by atomic mass is 10.2. The van der Waals surface area contributed by atoms with Crippen molar-refractivity contribution in [2.75, 3.05) is 13.2 Å². The fourth-order valence-electron chi connectivity index (χ4n) is 2.96. The van der Waals surface area contributed by atoms with E-state index in [9.17, 15) is 14.0 Å². The van der Waals surface area contributed by atoms with Gasteiger partial charge >= 0.3 is 5.97 Å². The molecule has 0 unspecified atom stereocenters. The molecule has 29 heavy (non-hydrogen) atoms. The molecular weight excluding hydrogens is 399 g/mol. The Labute approximate surface area is 169 Å². The van der Waals surface area contributed by atoms with E-state index in [4.69, 9.17) is 14.2 Å². The van der Waals surface area contributed by atoms with Crippen LogP contribution in [0.2, 0.25) is 0 Å². The van der Waals surface area contributed by atoms with Gasteiger partial charge in [-0.15, -0.1) is 0 Å². The summed E-state index contributed by atoms with van der Waals surface area (Å²) in [7, 11) is 0. The van der Waals surface area contributed by atoms with Crippen molar-refractivity contribution in [3.63, 3.8) is 0 Å². The van der Waals surface area contributed by atoms with Crippen LogP contribution in [0.1, 0.15) is 6.92 Å². The number of halogens is 1. The summed E-state index contributed by atoms with van der Waals surface area (Å²) >= 11 is 1.11. The first-order valence-corrected chi connectivity index (χ1v) is 9.79. The van der Waals surface area contributed by atoms with E-state index in [1.807, 2.05) is 0 Å². The number of hydrogen-bond donors (Lipinski definition) is 0. The van der Waals surface area contributed by atoms with Crippen molar-refractivity contribution in [1.82, 2.24) is 4.57 Å². The summed E-state index contributed by atoms with van der Waals surface area (Å²) in [6.07, 6.45) is -0.934. The number of para-hydroxylation sites is 3. The van der Waals surface area contributed by atoms with Crippen molar-refractivity contribution in [2.45, 2.75) is 19.6 Å². The molecule has 0 saturated carbocycles. The number of carbonyl (C=O) groups is 2. The number of ether oxygens (including phenoxy) is 3. The van der Waals surface area contributed by atoms with Gasteiger partial charge in [-0.1, -0.05) is 29.5 Å². The molecule has 3 aromatic rings. The highest BCUT2D eigenvalue weighted by atomic mass is 32.1. The minimum absolute atomic E-state index is 0.0104. The van der Waals surface area contributed by atoms with Crippen molar-refractivity contribution in [2.24, 2.45) is 4.99 Å². The summed E-state index contributed by atoms with van der Waals surface area (Å²) < 4.78 is 32.5. The number of aromatic nitrogens is 1. The molecule has 2 heterocycles. The van der Waals surface area contributed by atoms with Gasteiger partial charge in [0.05, 0.1) is 16.8 Å². The molecule has 7 nitrogen and oxygen atoms in total. The molecule has 0 aliphatic carbocycles. The Kier molecular flexibility index (Phi) is 5.30. The van der Waals surface area contributed by atoms with Crippen LogP contribution in [0.25, 0.3) is 10.2 Å². The molecule has 4 rings (SSSR count). The second-order valence-corrected chi connectivity index (χ2v) is 7.19. The van der Waals surface area contributed by atoms with Crippen molar-refractivity contribution in [1.29, 1.82) is 0 Å². The van der Waals surface area contributed by atoms with Crippen molar-refractivity contribution >= 4 is 33.4 Å². The van der Waals surface area contributed by atoms with Gasteiger partial charge in [-0.3, -0.25) is 9.59 Å². The summed E-state index contributed by atoms with van der Waals surface area (Å²) in [5, 5.41) is 0. The van der Waals surface area contributed by atoms with Crippen LogP contribution in [0, 0.1) is 5.82 Å². The van der Waals surface area contributed by atoms with Crippen LogP contribution in [0.5, 0.6) is 11.5 Å². The van der Waals surface area contributed by atoms with Gasteiger partial charge in [0.1, 0.15) is 19.0 Å². The van der Waals surface area contributed by atoms with E-state index in [2.05, 4.69) is 4.99 Å². The number of benzene rings is 2. The van der Waals surface area contributed by atoms with Crippen LogP contribution >= 0.6 is 11.3 Å². The zero-order chi connectivity index (χ0) is 20.4. The fraction of sp³-hybridized carbons (Fsp3) is 0.250. The largest absolute Gasteiger partial charge is 0.485 e. The summed E-state index contributed by atoms with van der Waals surface area (Å²) in [5.74, 6) is -0.630. The number of hydrogen-bond acceptors (Lipinski definition) is 6. The van der Waals surface area contributed by atoms with E-state index in [0.717, 1.165) is 11.3 Å². The van der Waals surface area contributed by atoms with Gasteiger partial charge in [0, 0.05) is 0 Å². The molecule has 9 heteroatoms. The summed E-state index contributed by atoms with van der Waals surface area (Å²) in [5.41, 5.74) is 0.197. The molecular formula is C20H17FN2O5S. The predicted molar refractivity (Wildman–Crippen MR) is 103 cm³/mol. The van der Waals surface area contributed by atoms with E-state index in [-0.39, 0.29) is 30.1 Å². The van der Waals surface area contributed by atoms with E-state index in [1.165, 1.54) is 10.6 Å². The van der Waals surface area contributed by atoms with Crippen LogP contribution < -0.4 is 14.3 Å². The van der Waals surface area contributed by atoms with Gasteiger partial charge in [-0.2, -0.15) is 4.99 Å². The van der Waals surface area contributed by atoms with Gasteiger partial charge in [-0.05, 0) is 31.2 Å². The first-order chi connectivity index (χ1) is 14.1.